The fourth-order valence-electron chi connectivity index (χ4n) is 1.54. The molecule has 0 spiro atoms. The summed E-state index contributed by atoms with van der Waals surface area (Å²) in [6, 6.07) is 0. The summed E-state index contributed by atoms with van der Waals surface area (Å²) in [6.45, 7) is 13.8. The first-order valence-electron chi connectivity index (χ1n) is 8.25. The number of hydrogen-bond donors (Lipinski definition) is 3. The SMILES string of the molecule is CC=C(CC)NO[Si](C)(ONC(=CC)CC)ONC(=CC)CC. The Morgan fingerprint density at radius 2 is 0.957 bits per heavy atom. The Hall–Kier alpha value is -1.28. The summed E-state index contributed by atoms with van der Waals surface area (Å²) in [5.41, 5.74) is 11.7. The third kappa shape index (κ3) is 8.80. The highest BCUT2D eigenvalue weighted by Gasteiger charge is 2.39. The van der Waals surface area contributed by atoms with Crippen LogP contribution in [0.25, 0.3) is 0 Å². The lowest BCUT2D eigenvalue weighted by atomic mass is 10.3. The van der Waals surface area contributed by atoms with Gasteiger partial charge in [-0.2, -0.15) is 0 Å². The third-order valence-electron chi connectivity index (χ3n) is 3.29. The summed E-state index contributed by atoms with van der Waals surface area (Å²) in [5, 5.41) is 0. The first-order chi connectivity index (χ1) is 11.0. The number of rotatable bonds is 12. The quantitative estimate of drug-likeness (QED) is 0.367. The molecule has 0 aromatic heterocycles. The first kappa shape index (κ1) is 21.7. The third-order valence-corrected chi connectivity index (χ3v) is 4.71. The molecule has 0 rings (SSSR count). The zero-order valence-electron chi connectivity index (χ0n) is 15.6. The minimum atomic E-state index is -2.99. The van der Waals surface area contributed by atoms with Crippen LogP contribution < -0.4 is 16.4 Å². The smallest absolute Gasteiger partial charge is 0.278 e. The van der Waals surface area contributed by atoms with Crippen LogP contribution in [0.2, 0.25) is 6.55 Å². The van der Waals surface area contributed by atoms with Crippen LogP contribution in [-0.2, 0) is 13.6 Å². The molecule has 0 heterocycles. The van der Waals surface area contributed by atoms with Crippen LogP contribution in [0, 0.1) is 0 Å². The summed E-state index contributed by atoms with van der Waals surface area (Å²) in [7, 11) is -2.99. The van der Waals surface area contributed by atoms with E-state index in [2.05, 4.69) is 16.4 Å². The van der Waals surface area contributed by atoms with Gasteiger partial charge in [-0.1, -0.05) is 39.0 Å². The van der Waals surface area contributed by atoms with Gasteiger partial charge in [-0.15, -0.1) is 0 Å². The fourth-order valence-corrected chi connectivity index (χ4v) is 2.62. The average molecular weight is 344 g/mol. The molecule has 134 valence electrons. The lowest BCUT2D eigenvalue weighted by Crippen LogP contribution is -2.52. The molecule has 7 heteroatoms. The molecule has 0 fully saturated rings. The fraction of sp³-hybridized carbons (Fsp3) is 0.625. The summed E-state index contributed by atoms with van der Waals surface area (Å²) < 4.78 is 17.2. The van der Waals surface area contributed by atoms with Crippen molar-refractivity contribution in [3.8, 4) is 0 Å². The zero-order chi connectivity index (χ0) is 17.7. The molecule has 0 bridgehead atoms. The Labute approximate surface area is 142 Å². The van der Waals surface area contributed by atoms with Crippen LogP contribution in [0.15, 0.2) is 35.3 Å². The minimum absolute atomic E-state index is 0.839. The summed E-state index contributed by atoms with van der Waals surface area (Å²) >= 11 is 0. The molecule has 0 aliphatic rings. The van der Waals surface area contributed by atoms with E-state index in [0.717, 1.165) is 36.4 Å². The number of nitrogens with one attached hydrogen (secondary N) is 3. The van der Waals surface area contributed by atoms with Crippen LogP contribution in [-0.4, -0.2) is 8.80 Å². The summed E-state index contributed by atoms with van der Waals surface area (Å²) in [6.07, 6.45) is 8.40. The lowest BCUT2D eigenvalue weighted by Gasteiger charge is -2.27. The normalized spacial score (nSPS) is 16.0. The van der Waals surface area contributed by atoms with Crippen molar-refractivity contribution in [2.24, 2.45) is 0 Å². The van der Waals surface area contributed by atoms with E-state index in [-0.39, 0.29) is 0 Å². The van der Waals surface area contributed by atoms with E-state index in [0.29, 0.717) is 0 Å². The molecule has 0 saturated carbocycles. The minimum Gasteiger partial charge on any atom is -0.278 e. The van der Waals surface area contributed by atoms with E-state index in [1.165, 1.54) is 0 Å². The molecule has 3 N–H and O–H groups in total. The first-order valence-corrected chi connectivity index (χ1v) is 10.5. The second-order valence-electron chi connectivity index (χ2n) is 4.98. The molecule has 23 heavy (non-hydrogen) atoms. The Morgan fingerprint density at radius 3 is 1.13 bits per heavy atom. The Bertz CT molecular complexity index is 363. The van der Waals surface area contributed by atoms with Gasteiger partial charge < -0.3 is 0 Å². The molecule has 0 radical (unpaired) electrons. The van der Waals surface area contributed by atoms with Gasteiger partial charge in [-0.05, 0) is 40.0 Å². The van der Waals surface area contributed by atoms with Gasteiger partial charge in [0.25, 0.3) is 0 Å². The van der Waals surface area contributed by atoms with Crippen molar-refractivity contribution in [2.45, 2.75) is 67.4 Å². The van der Waals surface area contributed by atoms with E-state index >= 15 is 0 Å². The average Bonchev–Trinajstić information content (AvgIpc) is 2.57. The topological polar surface area (TPSA) is 63.8 Å². The van der Waals surface area contributed by atoms with Gasteiger partial charge in [0.15, 0.2) is 0 Å². The van der Waals surface area contributed by atoms with Crippen molar-refractivity contribution in [1.29, 1.82) is 0 Å². The van der Waals surface area contributed by atoms with Crippen molar-refractivity contribution in [2.75, 3.05) is 0 Å². The standard InChI is InChI=1S/C16H33N3O3Si/c1-8-14(9-2)17-20-23(7,21-18-15(10-3)11-4)22-19-16(12-5)13-6/h8,10,12,17-19H,9,11,13H2,1-7H3. The van der Waals surface area contributed by atoms with Gasteiger partial charge in [-0.25, -0.2) is 0 Å². The van der Waals surface area contributed by atoms with Crippen molar-refractivity contribution in [3.63, 3.8) is 0 Å². The number of hydroxylamine groups is 3. The predicted octanol–water partition coefficient (Wildman–Crippen LogP) is 4.06. The Balaban J connectivity index is 4.87. The van der Waals surface area contributed by atoms with Gasteiger partial charge in [-0.3, -0.25) is 30.0 Å². The van der Waals surface area contributed by atoms with Gasteiger partial charge in [0.2, 0.25) is 0 Å². The summed E-state index contributed by atoms with van der Waals surface area (Å²) in [4.78, 5) is 0. The van der Waals surface area contributed by atoms with E-state index in [1.807, 2.05) is 66.3 Å². The molecule has 0 saturated heterocycles. The van der Waals surface area contributed by atoms with Crippen LogP contribution in [0.4, 0.5) is 0 Å². The number of allylic oxidation sites excluding steroid dienone is 6. The molecule has 0 aromatic carbocycles. The molecular formula is C16H33N3O3Si. The molecule has 0 aliphatic heterocycles. The van der Waals surface area contributed by atoms with Crippen molar-refractivity contribution >= 4 is 8.80 Å². The maximum absolute atomic E-state index is 5.75. The van der Waals surface area contributed by atoms with E-state index in [1.54, 1.807) is 0 Å². The highest BCUT2D eigenvalue weighted by molar-refractivity contribution is 6.58. The van der Waals surface area contributed by atoms with Crippen LogP contribution in [0.1, 0.15) is 60.8 Å². The highest BCUT2D eigenvalue weighted by Crippen LogP contribution is 2.10. The molecular weight excluding hydrogens is 310 g/mol. The maximum atomic E-state index is 5.75. The second-order valence-corrected chi connectivity index (χ2v) is 7.31. The molecule has 0 atom stereocenters. The lowest BCUT2D eigenvalue weighted by molar-refractivity contribution is -0.0126. The van der Waals surface area contributed by atoms with Gasteiger partial charge >= 0.3 is 8.80 Å². The van der Waals surface area contributed by atoms with E-state index in [9.17, 15) is 0 Å². The van der Waals surface area contributed by atoms with E-state index in [4.69, 9.17) is 13.6 Å². The monoisotopic (exact) mass is 343 g/mol. The van der Waals surface area contributed by atoms with Crippen LogP contribution in [0.5, 0.6) is 0 Å². The van der Waals surface area contributed by atoms with Crippen molar-refractivity contribution in [3.05, 3.63) is 35.3 Å². The van der Waals surface area contributed by atoms with Crippen molar-refractivity contribution < 1.29 is 13.6 Å². The van der Waals surface area contributed by atoms with Crippen molar-refractivity contribution in [1.82, 2.24) is 16.4 Å². The number of hydrogen-bond acceptors (Lipinski definition) is 6. The Kier molecular flexibility index (Phi) is 11.5. The van der Waals surface area contributed by atoms with E-state index < -0.39 is 8.80 Å². The van der Waals surface area contributed by atoms with Crippen LogP contribution in [0.3, 0.4) is 0 Å². The largest absolute Gasteiger partial charge is 0.563 e. The van der Waals surface area contributed by atoms with Gasteiger partial charge in [0.1, 0.15) is 0 Å². The molecule has 0 aromatic rings. The molecule has 0 aliphatic carbocycles. The molecule has 6 nitrogen and oxygen atoms in total. The van der Waals surface area contributed by atoms with Gasteiger partial charge in [0.05, 0.1) is 0 Å². The molecule has 0 unspecified atom stereocenters. The zero-order valence-corrected chi connectivity index (χ0v) is 16.6. The summed E-state index contributed by atoms with van der Waals surface area (Å²) in [5.74, 6) is 0. The highest BCUT2D eigenvalue weighted by atomic mass is 28.4. The van der Waals surface area contributed by atoms with Gasteiger partial charge in [0, 0.05) is 23.6 Å². The maximum Gasteiger partial charge on any atom is 0.563 e. The molecule has 0 amide bonds. The second kappa shape index (κ2) is 12.2. The Morgan fingerprint density at radius 1 is 0.696 bits per heavy atom. The predicted molar refractivity (Wildman–Crippen MR) is 96.4 cm³/mol. The van der Waals surface area contributed by atoms with Crippen LogP contribution >= 0.6 is 0 Å².